The Morgan fingerprint density at radius 1 is 1.00 bits per heavy atom. The summed E-state index contributed by atoms with van der Waals surface area (Å²) < 4.78 is 10.9. The fraction of sp³-hybridized carbons (Fsp3) is 0.206. The minimum atomic E-state index is -0.464. The standard InChI is InChI=1S/C34H33Cl2N7O5/c1-5-27(44)37-16-20-9-7-12-24(13-20)40-33-38-17-22-19-42(31-29(35)25(47-3)15-26(48-4)30(31)36)34(46)43(32(22)41-33)18-21-10-8-11-23(14-21)39-28(45)6-2/h5,7-15,17H,1,6,16,18-19H2,2-4H3,(H,37,44)(H,39,45)(H,38,40,41). The predicted octanol–water partition coefficient (Wildman–Crippen LogP) is 6.84. The van der Waals surface area contributed by atoms with Gasteiger partial charge in [-0.15, -0.1) is 0 Å². The molecule has 1 aliphatic rings. The van der Waals surface area contributed by atoms with E-state index in [0.717, 1.165) is 11.1 Å². The molecule has 14 heteroatoms. The summed E-state index contributed by atoms with van der Waals surface area (Å²) in [6, 6.07) is 15.7. The van der Waals surface area contributed by atoms with Gasteiger partial charge in [-0.05, 0) is 41.5 Å². The number of benzene rings is 3. The van der Waals surface area contributed by atoms with Gasteiger partial charge in [-0.3, -0.25) is 19.4 Å². The third-order valence-electron chi connectivity index (χ3n) is 7.42. The zero-order valence-corrected chi connectivity index (χ0v) is 28.0. The van der Waals surface area contributed by atoms with Crippen molar-refractivity contribution in [1.29, 1.82) is 0 Å². The Labute approximate surface area is 287 Å². The second-order valence-corrected chi connectivity index (χ2v) is 11.4. The lowest BCUT2D eigenvalue weighted by Crippen LogP contribution is -2.48. The summed E-state index contributed by atoms with van der Waals surface area (Å²) in [4.78, 5) is 50.4. The van der Waals surface area contributed by atoms with Gasteiger partial charge in [0.25, 0.3) is 0 Å². The smallest absolute Gasteiger partial charge is 0.330 e. The quantitative estimate of drug-likeness (QED) is 0.138. The molecule has 0 saturated carbocycles. The molecule has 48 heavy (non-hydrogen) atoms. The number of amides is 4. The highest BCUT2D eigenvalue weighted by atomic mass is 35.5. The number of ether oxygens (including phenoxy) is 2. The van der Waals surface area contributed by atoms with Gasteiger partial charge >= 0.3 is 6.03 Å². The van der Waals surface area contributed by atoms with Crippen molar-refractivity contribution >= 4 is 69.9 Å². The zero-order chi connectivity index (χ0) is 34.4. The zero-order valence-electron chi connectivity index (χ0n) is 26.5. The highest BCUT2D eigenvalue weighted by Crippen LogP contribution is 2.48. The van der Waals surface area contributed by atoms with Crippen LogP contribution in [0.2, 0.25) is 10.0 Å². The molecule has 4 amide bonds. The number of methoxy groups -OCH3 is 2. The first kappa shape index (κ1) is 34.0. The van der Waals surface area contributed by atoms with E-state index in [2.05, 4.69) is 27.5 Å². The van der Waals surface area contributed by atoms with Crippen LogP contribution in [0.15, 0.2) is 73.4 Å². The molecule has 0 atom stereocenters. The largest absolute Gasteiger partial charge is 0.495 e. The Bertz CT molecular complexity index is 1860. The monoisotopic (exact) mass is 689 g/mol. The molecule has 0 bridgehead atoms. The van der Waals surface area contributed by atoms with Gasteiger partial charge < -0.3 is 25.4 Å². The first-order valence-corrected chi connectivity index (χ1v) is 15.6. The Balaban J connectivity index is 1.54. The second-order valence-electron chi connectivity index (χ2n) is 10.6. The van der Waals surface area contributed by atoms with E-state index in [1.54, 1.807) is 37.4 Å². The van der Waals surface area contributed by atoms with Gasteiger partial charge in [-0.25, -0.2) is 9.78 Å². The van der Waals surface area contributed by atoms with Crippen LogP contribution in [0.25, 0.3) is 0 Å². The van der Waals surface area contributed by atoms with Gasteiger partial charge in [0.2, 0.25) is 17.8 Å². The van der Waals surface area contributed by atoms with Crippen molar-refractivity contribution in [3.05, 3.63) is 100 Å². The lowest BCUT2D eigenvalue weighted by atomic mass is 10.1. The molecule has 0 fully saturated rings. The van der Waals surface area contributed by atoms with Crippen LogP contribution in [-0.4, -0.2) is 42.0 Å². The Kier molecular flexibility index (Phi) is 10.7. The van der Waals surface area contributed by atoms with Gasteiger partial charge in [-0.2, -0.15) is 4.98 Å². The number of hydrogen-bond donors (Lipinski definition) is 3. The van der Waals surface area contributed by atoms with Gasteiger partial charge in [0.1, 0.15) is 27.4 Å². The van der Waals surface area contributed by atoms with E-state index in [0.29, 0.717) is 35.7 Å². The minimum Gasteiger partial charge on any atom is -0.495 e. The average Bonchev–Trinajstić information content (AvgIpc) is 3.09. The molecule has 12 nitrogen and oxygen atoms in total. The van der Waals surface area contributed by atoms with Crippen LogP contribution >= 0.6 is 23.2 Å². The number of nitrogens with zero attached hydrogens (tertiary/aromatic N) is 4. The number of anilines is 5. The molecule has 2 heterocycles. The molecule has 5 rings (SSSR count). The summed E-state index contributed by atoms with van der Waals surface area (Å²) in [6.45, 7) is 5.68. The third kappa shape index (κ3) is 7.45. The maximum atomic E-state index is 14.4. The third-order valence-corrected chi connectivity index (χ3v) is 8.15. The lowest BCUT2D eigenvalue weighted by molar-refractivity contribution is -0.117. The predicted molar refractivity (Wildman–Crippen MR) is 186 cm³/mol. The Morgan fingerprint density at radius 2 is 1.67 bits per heavy atom. The van der Waals surface area contributed by atoms with Crippen LogP contribution in [0.5, 0.6) is 11.5 Å². The van der Waals surface area contributed by atoms with Crippen LogP contribution in [-0.2, 0) is 29.2 Å². The highest BCUT2D eigenvalue weighted by molar-refractivity contribution is 6.42. The minimum absolute atomic E-state index is 0.0474. The van der Waals surface area contributed by atoms with Gasteiger partial charge in [0.05, 0.1) is 33.0 Å². The van der Waals surface area contributed by atoms with E-state index in [1.807, 2.05) is 30.3 Å². The number of halogens is 2. The average molecular weight is 691 g/mol. The van der Waals surface area contributed by atoms with Crippen LogP contribution < -0.4 is 35.2 Å². The molecule has 0 spiro atoms. The van der Waals surface area contributed by atoms with E-state index in [1.165, 1.54) is 30.1 Å². The number of hydrogen-bond acceptors (Lipinski definition) is 8. The van der Waals surface area contributed by atoms with E-state index >= 15 is 0 Å². The van der Waals surface area contributed by atoms with Gasteiger partial charge in [0, 0.05) is 42.2 Å². The molecule has 0 unspecified atom stereocenters. The van der Waals surface area contributed by atoms with Crippen molar-refractivity contribution in [3.63, 3.8) is 0 Å². The first-order valence-electron chi connectivity index (χ1n) is 14.9. The normalized spacial score (nSPS) is 12.2. The van der Waals surface area contributed by atoms with E-state index < -0.39 is 6.03 Å². The fourth-order valence-electron chi connectivity index (χ4n) is 5.03. The maximum absolute atomic E-state index is 14.4. The van der Waals surface area contributed by atoms with E-state index in [4.69, 9.17) is 37.7 Å². The summed E-state index contributed by atoms with van der Waals surface area (Å²) in [6.07, 6.45) is 3.16. The summed E-state index contributed by atoms with van der Waals surface area (Å²) in [5.74, 6) is 0.755. The van der Waals surface area contributed by atoms with Crippen LogP contribution in [0.1, 0.15) is 30.0 Å². The molecule has 248 valence electrons. The molecule has 3 aromatic carbocycles. The van der Waals surface area contributed by atoms with Crippen molar-refractivity contribution < 1.29 is 23.9 Å². The number of fused-ring (bicyclic) bond motifs is 1. The SMILES string of the molecule is C=CC(=O)NCc1cccc(Nc2ncc3c(n2)N(Cc2cccc(NC(=O)CC)c2)C(=O)N(c2c(Cl)c(OC)cc(OC)c2Cl)C3)c1. The number of rotatable bonds is 12. The summed E-state index contributed by atoms with van der Waals surface area (Å²) in [7, 11) is 2.91. The van der Waals surface area contributed by atoms with Crippen molar-refractivity contribution in [2.24, 2.45) is 0 Å². The highest BCUT2D eigenvalue weighted by Gasteiger charge is 2.37. The molecule has 0 saturated heterocycles. The van der Waals surface area contributed by atoms with Crippen molar-refractivity contribution in [2.75, 3.05) is 34.7 Å². The summed E-state index contributed by atoms with van der Waals surface area (Å²) in [5.41, 5.74) is 3.67. The summed E-state index contributed by atoms with van der Waals surface area (Å²) in [5, 5.41) is 9.06. The number of urea groups is 1. The van der Waals surface area contributed by atoms with Gasteiger partial charge in [-0.1, -0.05) is 61.0 Å². The van der Waals surface area contributed by atoms with E-state index in [9.17, 15) is 14.4 Å². The molecule has 4 aromatic rings. The first-order chi connectivity index (χ1) is 23.1. The maximum Gasteiger partial charge on any atom is 0.330 e. The van der Waals surface area contributed by atoms with Crippen LogP contribution in [0, 0.1) is 0 Å². The van der Waals surface area contributed by atoms with Crippen molar-refractivity contribution in [3.8, 4) is 11.5 Å². The number of carbonyl (C=O) groups is 3. The van der Waals surface area contributed by atoms with Crippen molar-refractivity contribution in [1.82, 2.24) is 15.3 Å². The fourth-order valence-corrected chi connectivity index (χ4v) is 5.74. The molecule has 1 aliphatic heterocycles. The molecule has 0 radical (unpaired) electrons. The second kappa shape index (κ2) is 15.1. The van der Waals surface area contributed by atoms with Crippen molar-refractivity contribution in [2.45, 2.75) is 33.0 Å². The Hall–Kier alpha value is -5.33. The lowest BCUT2D eigenvalue weighted by Gasteiger charge is -2.37. The number of carbonyl (C=O) groups excluding carboxylic acids is 3. The van der Waals surface area contributed by atoms with Gasteiger partial charge in [0.15, 0.2) is 0 Å². The van der Waals surface area contributed by atoms with Crippen LogP contribution in [0.4, 0.5) is 33.6 Å². The molecule has 1 aromatic heterocycles. The molecule has 3 N–H and O–H groups in total. The van der Waals surface area contributed by atoms with E-state index in [-0.39, 0.29) is 58.1 Å². The molecular weight excluding hydrogens is 657 g/mol. The summed E-state index contributed by atoms with van der Waals surface area (Å²) >= 11 is 13.5. The topological polar surface area (TPSA) is 138 Å². The molecular formula is C34H33Cl2N7O5. The Morgan fingerprint density at radius 3 is 2.33 bits per heavy atom. The molecule has 0 aliphatic carbocycles. The van der Waals surface area contributed by atoms with Crippen LogP contribution in [0.3, 0.4) is 0 Å². The number of nitrogens with one attached hydrogen (secondary N) is 3. The number of aromatic nitrogens is 2.